The minimum atomic E-state index is -0.859. The summed E-state index contributed by atoms with van der Waals surface area (Å²) in [4.78, 5) is 60.8. The van der Waals surface area contributed by atoms with Crippen molar-refractivity contribution in [1.29, 1.82) is 0 Å². The van der Waals surface area contributed by atoms with Crippen molar-refractivity contribution in [3.63, 3.8) is 0 Å². The Morgan fingerprint density at radius 1 is 0.415 bits per heavy atom. The van der Waals surface area contributed by atoms with Gasteiger partial charge in [0.15, 0.2) is 23.1 Å². The van der Waals surface area contributed by atoms with Gasteiger partial charge in [-0.15, -0.1) is 0 Å². The number of likely N-dealkylation sites (tertiary alicyclic amines) is 1. The lowest BCUT2D eigenvalue weighted by Crippen LogP contribution is -2.49. The van der Waals surface area contributed by atoms with E-state index in [1.165, 1.54) is 80.5 Å². The molecule has 624 valence electrons. The Kier molecular flexibility index (Phi) is 28.2. The maximum atomic E-state index is 13.3. The molecule has 6 fully saturated rings. The molecule has 16 nitrogen and oxygen atoms in total. The molecule has 0 spiro atoms. The summed E-state index contributed by atoms with van der Waals surface area (Å²) in [5.41, 5.74) is 8.96. The number of Topliss-reactive ketones (excluding diaryl/α,β-unsaturated/α-hetero) is 4. The van der Waals surface area contributed by atoms with Gasteiger partial charge in [-0.05, 0) is 202 Å². The summed E-state index contributed by atoms with van der Waals surface area (Å²) in [6.07, 6.45) is 25.3. The minimum absolute atomic E-state index is 0.0584. The van der Waals surface area contributed by atoms with Crippen molar-refractivity contribution in [3.05, 3.63) is 251 Å². The first kappa shape index (κ1) is 85.3. The molecule has 4 bridgehead atoms. The second kappa shape index (κ2) is 39.0. The number of rotatable bonds is 28. The Morgan fingerprint density at radius 3 is 1.25 bits per heavy atom. The van der Waals surface area contributed by atoms with E-state index in [9.17, 15) is 43.3 Å². The Hall–Kier alpha value is -9.08. The van der Waals surface area contributed by atoms with Gasteiger partial charge in [0.05, 0.1) is 17.3 Å². The highest BCUT2D eigenvalue weighted by Crippen LogP contribution is 2.48. The Morgan fingerprint density at radius 2 is 0.805 bits per heavy atom. The van der Waals surface area contributed by atoms with Gasteiger partial charge in [0, 0.05) is 199 Å². The number of hydrogen-bond donors (Lipinski definition) is 3. The van der Waals surface area contributed by atoms with E-state index >= 15 is 0 Å². The third-order valence-corrected chi connectivity index (χ3v) is 26.8. The normalized spacial score (nSPS) is 21.8. The van der Waals surface area contributed by atoms with Crippen LogP contribution in [0.2, 0.25) is 0 Å². The molecule has 6 atom stereocenters. The second-order valence-corrected chi connectivity index (χ2v) is 34.6. The summed E-state index contributed by atoms with van der Waals surface area (Å²) in [5, 5.41) is 37.5. The number of β-amino-alcohol motifs (C(OH)–C–C–N with tert-alkyl or cyclic N) is 1. The Bertz CT molecular complexity index is 5160. The number of aromatic nitrogens is 4. The molecule has 6 aliphatic heterocycles. The number of piperazine rings is 1. The highest BCUT2D eigenvalue weighted by atomic mass is 19.1. The number of aliphatic hydroxyl groups excluding tert-OH is 1. The molecule has 0 aliphatic carbocycles. The molecule has 17 rings (SSSR count). The van der Waals surface area contributed by atoms with Gasteiger partial charge < -0.3 is 38.5 Å². The molecule has 0 saturated carbocycles. The highest BCUT2D eigenvalue weighted by Gasteiger charge is 2.49. The van der Waals surface area contributed by atoms with Crippen LogP contribution < -0.4 is 0 Å². The van der Waals surface area contributed by atoms with Gasteiger partial charge in [-0.3, -0.25) is 38.8 Å². The van der Waals surface area contributed by atoms with E-state index in [0.717, 1.165) is 201 Å². The molecule has 4 aromatic heterocycles. The fourth-order valence-electron chi connectivity index (χ4n) is 20.4. The van der Waals surface area contributed by atoms with Crippen LogP contribution >= 0.6 is 0 Å². The van der Waals surface area contributed by atoms with Gasteiger partial charge >= 0.3 is 0 Å². The van der Waals surface area contributed by atoms with Crippen molar-refractivity contribution in [1.82, 2.24) is 42.8 Å². The van der Waals surface area contributed by atoms with Crippen LogP contribution in [0.3, 0.4) is 0 Å². The number of hydrogen-bond acceptors (Lipinski definition) is 12. The van der Waals surface area contributed by atoms with Crippen molar-refractivity contribution < 1.29 is 43.3 Å². The number of ketones is 4. The lowest BCUT2D eigenvalue weighted by atomic mass is 9.80. The van der Waals surface area contributed by atoms with Gasteiger partial charge in [-0.25, -0.2) is 8.78 Å². The SMILES string of the molecule is CC(=O)c1cn(CC(O)CN2CCN(C(C)c3ccccc3)CC2)c2ccccc12.CC(=O)c1cn(CCCCN2C3CCC2CC(O)(c2ccc(F)cc2)C3)c2ccccc12.CCC(=O)c1cn(CCCN2C3CCC2CC(O)(c2ccc(F)cc2)C3)c2ccccc12.CCCCC1CCN(CCn2cc(C(C)=O)c3ccccc32)CC1. The Labute approximate surface area is 696 Å². The number of halogens is 2. The van der Waals surface area contributed by atoms with Crippen LogP contribution in [-0.4, -0.2) is 177 Å². The van der Waals surface area contributed by atoms with Crippen LogP contribution in [0.4, 0.5) is 8.78 Å². The van der Waals surface area contributed by atoms with Crippen LogP contribution in [0, 0.1) is 17.6 Å². The van der Waals surface area contributed by atoms with Gasteiger partial charge in [-0.1, -0.05) is 161 Å². The summed E-state index contributed by atoms with van der Waals surface area (Å²) in [6.45, 7) is 24.7. The third-order valence-electron chi connectivity index (χ3n) is 26.8. The van der Waals surface area contributed by atoms with Crippen molar-refractivity contribution in [2.75, 3.05) is 65.4 Å². The average Bonchev–Trinajstić information content (AvgIpc) is 1.58. The van der Waals surface area contributed by atoms with E-state index in [0.29, 0.717) is 62.6 Å². The summed E-state index contributed by atoms with van der Waals surface area (Å²) >= 11 is 0. The molecule has 6 saturated heterocycles. The smallest absolute Gasteiger partial charge is 0.164 e. The van der Waals surface area contributed by atoms with E-state index in [4.69, 9.17) is 0 Å². The number of carbonyl (C=O) groups excluding carboxylic acids is 4. The number of aryl methyl sites for hydroxylation is 2. The quantitative estimate of drug-likeness (QED) is 0.0314. The number of carbonyl (C=O) groups is 4. The first-order valence-electron chi connectivity index (χ1n) is 43.9. The van der Waals surface area contributed by atoms with Gasteiger partial charge in [0.1, 0.15) is 11.6 Å². The summed E-state index contributed by atoms with van der Waals surface area (Å²) in [7, 11) is 0. The zero-order valence-corrected chi connectivity index (χ0v) is 70.3. The predicted molar refractivity (Wildman–Crippen MR) is 470 cm³/mol. The monoisotopic (exact) mass is 1600 g/mol. The topological polar surface area (TPSA) is 165 Å². The van der Waals surface area contributed by atoms with E-state index in [2.05, 4.69) is 113 Å². The molecule has 3 N–H and O–H groups in total. The molecule has 7 aromatic carbocycles. The molecule has 18 heteroatoms. The number of unbranched alkanes of at least 4 members (excludes halogenated alkanes) is 2. The number of aliphatic hydroxyl groups is 3. The van der Waals surface area contributed by atoms with E-state index in [1.807, 2.05) is 103 Å². The fraction of sp³-hybridized carbons (Fsp3) is 0.460. The molecule has 10 heterocycles. The van der Waals surface area contributed by atoms with Crippen LogP contribution in [0.5, 0.6) is 0 Å². The fourth-order valence-corrected chi connectivity index (χ4v) is 20.4. The first-order valence-corrected chi connectivity index (χ1v) is 43.9. The molecule has 11 aromatic rings. The van der Waals surface area contributed by atoms with Crippen LogP contribution in [0.15, 0.2) is 201 Å². The number of benzene rings is 7. The van der Waals surface area contributed by atoms with Gasteiger partial charge in [-0.2, -0.15) is 0 Å². The largest absolute Gasteiger partial charge is 0.390 e. The predicted octanol–water partition coefficient (Wildman–Crippen LogP) is 18.9. The zero-order valence-electron chi connectivity index (χ0n) is 70.3. The summed E-state index contributed by atoms with van der Waals surface area (Å²) in [6, 6.07) is 57.7. The first-order chi connectivity index (χ1) is 57.1. The lowest BCUT2D eigenvalue weighted by molar-refractivity contribution is -0.0576. The molecule has 0 amide bonds. The third kappa shape index (κ3) is 20.0. The maximum Gasteiger partial charge on any atom is 0.164 e. The molecule has 0 radical (unpaired) electrons. The number of piperidine rings is 3. The van der Waals surface area contributed by atoms with Crippen LogP contribution in [-0.2, 0) is 37.4 Å². The van der Waals surface area contributed by atoms with Crippen molar-refractivity contribution in [2.24, 2.45) is 5.92 Å². The second-order valence-electron chi connectivity index (χ2n) is 34.6. The standard InChI is InChI=1S/2C27H31FN2O2.C25H31N3O2.C21H30N2O/c1-19(31)25-18-29(26-7-3-2-6-24(25)26)14-4-5-15-30-22-12-13-23(30)17-27(32,16-22)20-8-10-21(28)11-9-20;1-2-26(31)24-18-29(25-7-4-3-6-23(24)25)14-5-15-30-21-12-13-22(30)17-27(32,16-21)19-8-10-20(28)11-9-19;1-19(21-8-4-3-5-9-21)27-14-12-26(13-15-27)16-22(30)17-28-18-24(20(2)29)23-10-6-7-11-25(23)28;1-3-4-7-18-10-12-22(13-11-18)14-15-23-16-20(17(2)24)19-8-5-6-9-21(19)23/h2-3,6-11,18,22-23,32H,4-5,12-17H2,1H3;3-4,6-11,18,21-22,32H,2,5,12-17H2,1H3;3-11,18-19,22,30H,12-17H2,1-2H3;5-6,8-9,16,18H,3-4,7,10-15H2,1-2H3. The average molecular weight is 1600 g/mol. The van der Waals surface area contributed by atoms with E-state index < -0.39 is 17.3 Å². The number of fused-ring (bicyclic) bond motifs is 8. The maximum absolute atomic E-state index is 13.3. The number of para-hydroxylation sites is 4. The van der Waals surface area contributed by atoms with Crippen LogP contribution in [0.1, 0.15) is 215 Å². The number of nitrogens with zero attached hydrogens (tertiary/aromatic N) is 9. The minimum Gasteiger partial charge on any atom is -0.390 e. The molecular weight excluding hydrogens is 1480 g/mol. The summed E-state index contributed by atoms with van der Waals surface area (Å²) in [5.74, 6) is 0.929. The molecule has 6 aliphatic rings. The summed E-state index contributed by atoms with van der Waals surface area (Å²) < 4.78 is 35.4. The Balaban J connectivity index is 0.000000130. The van der Waals surface area contributed by atoms with Crippen LogP contribution in [0.25, 0.3) is 43.6 Å². The molecule has 6 unspecified atom stereocenters. The molecule has 118 heavy (non-hydrogen) atoms. The highest BCUT2D eigenvalue weighted by molar-refractivity contribution is 6.09. The van der Waals surface area contributed by atoms with Crippen molar-refractivity contribution >= 4 is 66.7 Å². The van der Waals surface area contributed by atoms with E-state index in [-0.39, 0.29) is 34.8 Å². The van der Waals surface area contributed by atoms with Crippen molar-refractivity contribution in [2.45, 2.75) is 224 Å². The zero-order chi connectivity index (χ0) is 82.6. The van der Waals surface area contributed by atoms with Gasteiger partial charge in [0.25, 0.3) is 0 Å². The lowest BCUT2D eigenvalue weighted by Gasteiger charge is -2.44. The molecular formula is C100H123F2N9O7. The van der Waals surface area contributed by atoms with Crippen molar-refractivity contribution in [3.8, 4) is 0 Å². The van der Waals surface area contributed by atoms with E-state index in [1.54, 1.807) is 45.0 Å². The van der Waals surface area contributed by atoms with Gasteiger partial charge in [0.2, 0.25) is 0 Å².